The van der Waals surface area contributed by atoms with Crippen LogP contribution in [0.3, 0.4) is 0 Å². The molecule has 1 aliphatic heterocycles. The molecule has 0 unspecified atom stereocenters. The molecule has 0 amide bonds. The summed E-state index contributed by atoms with van der Waals surface area (Å²) in [6, 6.07) is 23.7. The maximum absolute atomic E-state index is 6.48. The van der Waals surface area contributed by atoms with Crippen molar-refractivity contribution in [2.45, 2.75) is 26.7 Å². The molecule has 2 aliphatic rings. The van der Waals surface area contributed by atoms with Crippen molar-refractivity contribution in [2.24, 2.45) is 0 Å². The van der Waals surface area contributed by atoms with E-state index in [0.717, 1.165) is 24.4 Å². The fraction of sp³-hybridized carbons (Fsp3) is 0.143. The lowest BCUT2D eigenvalue weighted by Gasteiger charge is -2.26. The molecule has 0 N–H and O–H groups in total. The highest BCUT2D eigenvalue weighted by atomic mass is 16.5. The van der Waals surface area contributed by atoms with Gasteiger partial charge in [0.2, 0.25) is 0 Å². The van der Waals surface area contributed by atoms with Gasteiger partial charge in [-0.25, -0.2) is 0 Å². The van der Waals surface area contributed by atoms with Crippen molar-refractivity contribution in [3.8, 4) is 16.9 Å². The van der Waals surface area contributed by atoms with Crippen LogP contribution in [0.1, 0.15) is 35.1 Å². The average molecular weight is 376 g/mol. The molecular weight excluding hydrogens is 352 g/mol. The molecule has 0 spiro atoms. The van der Waals surface area contributed by atoms with Gasteiger partial charge < -0.3 is 4.74 Å². The Morgan fingerprint density at radius 2 is 1.66 bits per heavy atom. The largest absolute Gasteiger partial charge is 0.460 e. The summed E-state index contributed by atoms with van der Waals surface area (Å²) in [5.41, 5.74) is 10.1. The van der Waals surface area contributed by atoms with E-state index < -0.39 is 0 Å². The van der Waals surface area contributed by atoms with E-state index in [4.69, 9.17) is 4.74 Å². The number of rotatable bonds is 2. The first-order valence-corrected chi connectivity index (χ1v) is 10.2. The molecule has 1 heterocycles. The lowest BCUT2D eigenvalue weighted by atomic mass is 9.88. The lowest BCUT2D eigenvalue weighted by molar-refractivity contribution is 0.409. The van der Waals surface area contributed by atoms with Crippen molar-refractivity contribution in [3.63, 3.8) is 0 Å². The highest BCUT2D eigenvalue weighted by Crippen LogP contribution is 2.43. The van der Waals surface area contributed by atoms with Crippen LogP contribution in [0.25, 0.3) is 22.3 Å². The Hall–Kier alpha value is -3.32. The number of hydrogen-bond acceptors (Lipinski definition) is 1. The Labute approximate surface area is 172 Å². The van der Waals surface area contributed by atoms with Crippen LogP contribution in [0.15, 0.2) is 90.7 Å². The smallest absolute Gasteiger partial charge is 0.134 e. The Balaban J connectivity index is 1.63. The maximum Gasteiger partial charge on any atom is 0.134 e. The molecular formula is C28H24O. The Morgan fingerprint density at radius 3 is 2.52 bits per heavy atom. The first-order chi connectivity index (χ1) is 14.2. The minimum absolute atomic E-state index is 0.832. The van der Waals surface area contributed by atoms with Crippen LogP contribution >= 0.6 is 0 Å². The van der Waals surface area contributed by atoms with Gasteiger partial charge in [0, 0.05) is 17.6 Å². The summed E-state index contributed by atoms with van der Waals surface area (Å²) < 4.78 is 6.48. The zero-order valence-corrected chi connectivity index (χ0v) is 16.9. The van der Waals surface area contributed by atoms with Gasteiger partial charge in [0.25, 0.3) is 0 Å². The highest BCUT2D eigenvalue weighted by molar-refractivity contribution is 5.85. The van der Waals surface area contributed by atoms with E-state index in [2.05, 4.69) is 98.8 Å². The highest BCUT2D eigenvalue weighted by Gasteiger charge is 2.24. The molecule has 3 aromatic rings. The fourth-order valence-corrected chi connectivity index (χ4v) is 4.20. The zero-order chi connectivity index (χ0) is 19.8. The van der Waals surface area contributed by atoms with Gasteiger partial charge in [0.1, 0.15) is 11.5 Å². The van der Waals surface area contributed by atoms with Crippen molar-refractivity contribution in [3.05, 3.63) is 113 Å². The van der Waals surface area contributed by atoms with E-state index >= 15 is 0 Å². The van der Waals surface area contributed by atoms with Crippen LogP contribution < -0.4 is 4.74 Å². The second kappa shape index (κ2) is 7.25. The summed E-state index contributed by atoms with van der Waals surface area (Å²) in [5, 5.41) is 0. The van der Waals surface area contributed by atoms with Crippen LogP contribution in [-0.2, 0) is 0 Å². The standard InChI is InChI=1S/C28H24O/c1-19-12-13-20(2)25(16-19)24-11-7-6-10-23-18-28(24)29-27-15-14-22(17-26(23)27)21-8-4-3-5-9-21/h3-5,7-17H,6,18H2,1-2H3/b11-7?,23-10+,28-24?. The van der Waals surface area contributed by atoms with E-state index in [1.165, 1.54) is 44.5 Å². The predicted molar refractivity (Wildman–Crippen MR) is 122 cm³/mol. The summed E-state index contributed by atoms with van der Waals surface area (Å²) in [7, 11) is 0. The van der Waals surface area contributed by atoms with Crippen LogP contribution in [-0.4, -0.2) is 0 Å². The van der Waals surface area contributed by atoms with Gasteiger partial charge in [0.05, 0.1) is 0 Å². The average Bonchev–Trinajstić information content (AvgIpc) is 2.74. The van der Waals surface area contributed by atoms with Crippen molar-refractivity contribution in [1.29, 1.82) is 0 Å². The molecule has 0 aromatic heterocycles. The third kappa shape index (κ3) is 3.34. The van der Waals surface area contributed by atoms with Gasteiger partial charge in [-0.3, -0.25) is 0 Å². The molecule has 3 aromatic carbocycles. The molecule has 29 heavy (non-hydrogen) atoms. The van der Waals surface area contributed by atoms with Crippen molar-refractivity contribution >= 4 is 11.1 Å². The molecule has 142 valence electrons. The topological polar surface area (TPSA) is 9.23 Å². The van der Waals surface area contributed by atoms with Crippen LogP contribution in [0.4, 0.5) is 0 Å². The quantitative estimate of drug-likeness (QED) is 0.450. The van der Waals surface area contributed by atoms with E-state index in [1.807, 2.05) is 0 Å². The van der Waals surface area contributed by atoms with Crippen molar-refractivity contribution in [1.82, 2.24) is 0 Å². The number of aryl methyl sites for hydroxylation is 2. The number of fused-ring (bicyclic) bond motifs is 4. The van der Waals surface area contributed by atoms with Gasteiger partial charge in [-0.05, 0) is 60.2 Å². The van der Waals surface area contributed by atoms with Crippen LogP contribution in [0.5, 0.6) is 5.75 Å². The van der Waals surface area contributed by atoms with Crippen LogP contribution in [0.2, 0.25) is 0 Å². The maximum atomic E-state index is 6.48. The summed E-state index contributed by atoms with van der Waals surface area (Å²) in [6.07, 6.45) is 8.58. The molecule has 0 saturated carbocycles. The molecule has 1 nitrogen and oxygen atoms in total. The first-order valence-electron chi connectivity index (χ1n) is 10.2. The van der Waals surface area contributed by atoms with Gasteiger partial charge in [-0.1, -0.05) is 78.4 Å². The molecule has 0 fully saturated rings. The van der Waals surface area contributed by atoms with E-state index in [-0.39, 0.29) is 0 Å². The predicted octanol–water partition coefficient (Wildman–Crippen LogP) is 7.51. The van der Waals surface area contributed by atoms with Gasteiger partial charge >= 0.3 is 0 Å². The monoisotopic (exact) mass is 376 g/mol. The Kier molecular flexibility index (Phi) is 4.44. The summed E-state index contributed by atoms with van der Waals surface area (Å²) in [6.45, 7) is 4.32. The van der Waals surface area contributed by atoms with Gasteiger partial charge in [0.15, 0.2) is 0 Å². The van der Waals surface area contributed by atoms with Gasteiger partial charge in [-0.2, -0.15) is 0 Å². The van der Waals surface area contributed by atoms with Gasteiger partial charge in [-0.15, -0.1) is 0 Å². The first kappa shape index (κ1) is 17.8. The normalized spacial score (nSPS) is 17.0. The second-order valence-corrected chi connectivity index (χ2v) is 7.88. The third-order valence-electron chi connectivity index (χ3n) is 5.79. The zero-order valence-electron chi connectivity index (χ0n) is 16.9. The molecule has 1 heteroatoms. The number of benzene rings is 3. The second-order valence-electron chi connectivity index (χ2n) is 7.88. The SMILES string of the molecule is Cc1ccc(C)c(C2=C3C/C(=C\CC=C2)c2cc(-c4ccccc4)ccc2O3)c1. The van der Waals surface area contributed by atoms with Crippen molar-refractivity contribution in [2.75, 3.05) is 0 Å². The van der Waals surface area contributed by atoms with E-state index in [9.17, 15) is 0 Å². The number of ether oxygens (including phenoxy) is 1. The van der Waals surface area contributed by atoms with Crippen molar-refractivity contribution < 1.29 is 4.74 Å². The fourth-order valence-electron chi connectivity index (χ4n) is 4.20. The number of allylic oxidation sites excluding steroid dienone is 5. The Bertz CT molecular complexity index is 1180. The Morgan fingerprint density at radius 1 is 0.793 bits per heavy atom. The minimum Gasteiger partial charge on any atom is -0.460 e. The van der Waals surface area contributed by atoms with E-state index in [0.29, 0.717) is 0 Å². The minimum atomic E-state index is 0.832. The summed E-state index contributed by atoms with van der Waals surface area (Å²) >= 11 is 0. The molecule has 5 rings (SSSR count). The molecule has 1 aliphatic carbocycles. The third-order valence-corrected chi connectivity index (χ3v) is 5.79. The van der Waals surface area contributed by atoms with Crippen LogP contribution in [0, 0.1) is 13.8 Å². The number of hydrogen-bond donors (Lipinski definition) is 0. The summed E-state index contributed by atoms with van der Waals surface area (Å²) in [5.74, 6) is 2.00. The molecule has 0 atom stereocenters. The molecule has 0 radical (unpaired) electrons. The molecule has 2 bridgehead atoms. The lowest BCUT2D eigenvalue weighted by Crippen LogP contribution is -2.10. The van der Waals surface area contributed by atoms with E-state index in [1.54, 1.807) is 0 Å². The summed E-state index contributed by atoms with van der Waals surface area (Å²) in [4.78, 5) is 0. The molecule has 0 saturated heterocycles.